The van der Waals surface area contributed by atoms with Gasteiger partial charge in [0.1, 0.15) is 5.75 Å². The number of ketones is 1. The summed E-state index contributed by atoms with van der Waals surface area (Å²) in [5.74, 6) is 0.528. The molecule has 0 saturated heterocycles. The molecule has 8 heteroatoms. The van der Waals surface area contributed by atoms with E-state index >= 15 is 0 Å². The summed E-state index contributed by atoms with van der Waals surface area (Å²) >= 11 is 1.16. The van der Waals surface area contributed by atoms with Crippen molar-refractivity contribution < 1.29 is 17.9 Å². The van der Waals surface area contributed by atoms with E-state index in [1.807, 2.05) is 0 Å². The van der Waals surface area contributed by atoms with Crippen molar-refractivity contribution in [2.24, 2.45) is 5.10 Å². The van der Waals surface area contributed by atoms with Crippen LogP contribution >= 0.6 is 11.8 Å². The summed E-state index contributed by atoms with van der Waals surface area (Å²) in [5.41, 5.74) is 3.54. The Balaban J connectivity index is 2.13. The highest BCUT2D eigenvalue weighted by molar-refractivity contribution is 8.15. The van der Waals surface area contributed by atoms with Crippen molar-refractivity contribution in [2.45, 2.75) is 16.7 Å². The van der Waals surface area contributed by atoms with Crippen LogP contribution in [0.25, 0.3) is 0 Å². The number of nitrogens with one attached hydrogen (secondary N) is 1. The SMILES string of the molecule is COc1ccc(NN=C(Sc2ccc(S(C)(=O)=O)cc2)C(C)=O)cc1. The zero-order valence-electron chi connectivity index (χ0n) is 14.0. The number of Topliss-reactive ketones (excluding diaryl/α,β-unsaturated/α-hetero) is 1. The van der Waals surface area contributed by atoms with Crippen molar-refractivity contribution >= 4 is 38.1 Å². The predicted molar refractivity (Wildman–Crippen MR) is 100 cm³/mol. The molecule has 0 aliphatic rings. The highest BCUT2D eigenvalue weighted by Gasteiger charge is 2.11. The van der Waals surface area contributed by atoms with Gasteiger partial charge in [0.05, 0.1) is 17.7 Å². The average Bonchev–Trinajstić information content (AvgIpc) is 2.58. The molecule has 0 saturated carbocycles. The number of hydrogen-bond acceptors (Lipinski definition) is 7. The molecule has 0 aromatic heterocycles. The molecule has 6 nitrogen and oxygen atoms in total. The molecule has 0 spiro atoms. The van der Waals surface area contributed by atoms with Crippen molar-refractivity contribution in [3.63, 3.8) is 0 Å². The lowest BCUT2D eigenvalue weighted by molar-refractivity contribution is -0.110. The molecule has 2 rings (SSSR count). The first-order valence-electron chi connectivity index (χ1n) is 7.26. The summed E-state index contributed by atoms with van der Waals surface area (Å²) in [6.07, 6.45) is 1.15. The second-order valence-electron chi connectivity index (χ2n) is 5.16. The van der Waals surface area contributed by atoms with E-state index in [1.165, 1.54) is 19.1 Å². The Hall–Kier alpha value is -2.32. The Kier molecular flexibility index (Phi) is 6.22. The van der Waals surface area contributed by atoms with Crippen LogP contribution in [-0.4, -0.2) is 32.6 Å². The number of rotatable bonds is 6. The van der Waals surface area contributed by atoms with Crippen LogP contribution in [0.15, 0.2) is 63.4 Å². The Morgan fingerprint density at radius 3 is 2.16 bits per heavy atom. The highest BCUT2D eigenvalue weighted by atomic mass is 32.2. The molecule has 0 unspecified atom stereocenters. The summed E-state index contributed by atoms with van der Waals surface area (Å²) < 4.78 is 28.0. The molecule has 25 heavy (non-hydrogen) atoms. The maximum Gasteiger partial charge on any atom is 0.186 e. The van der Waals surface area contributed by atoms with Gasteiger partial charge in [-0.3, -0.25) is 10.2 Å². The molecule has 0 aliphatic heterocycles. The van der Waals surface area contributed by atoms with Crippen LogP contribution in [-0.2, 0) is 14.6 Å². The number of nitrogens with zero attached hydrogens (tertiary/aromatic N) is 1. The summed E-state index contributed by atoms with van der Waals surface area (Å²) in [6, 6.07) is 13.4. The smallest absolute Gasteiger partial charge is 0.186 e. The van der Waals surface area contributed by atoms with E-state index < -0.39 is 9.84 Å². The van der Waals surface area contributed by atoms with Crippen LogP contribution in [0.3, 0.4) is 0 Å². The molecule has 2 aromatic rings. The lowest BCUT2D eigenvalue weighted by Crippen LogP contribution is -2.08. The summed E-state index contributed by atoms with van der Waals surface area (Å²) in [7, 11) is -1.66. The molecular weight excluding hydrogens is 360 g/mol. The Morgan fingerprint density at radius 1 is 1.08 bits per heavy atom. The maximum atomic E-state index is 11.8. The van der Waals surface area contributed by atoms with Gasteiger partial charge < -0.3 is 4.74 Å². The normalized spacial score (nSPS) is 11.9. The number of benzene rings is 2. The van der Waals surface area contributed by atoms with Gasteiger partial charge in [-0.2, -0.15) is 5.10 Å². The fourth-order valence-corrected chi connectivity index (χ4v) is 3.18. The number of hydrogen-bond donors (Lipinski definition) is 1. The minimum absolute atomic E-state index is 0.196. The largest absolute Gasteiger partial charge is 0.497 e. The van der Waals surface area contributed by atoms with Crippen LogP contribution in [0.5, 0.6) is 5.75 Å². The molecule has 0 fully saturated rings. The van der Waals surface area contributed by atoms with Crippen LogP contribution < -0.4 is 10.2 Å². The first-order valence-corrected chi connectivity index (χ1v) is 9.97. The molecule has 0 bridgehead atoms. The van der Waals surface area contributed by atoms with Gasteiger partial charge in [0.2, 0.25) is 0 Å². The Morgan fingerprint density at radius 2 is 1.68 bits per heavy atom. The summed E-state index contributed by atoms with van der Waals surface area (Å²) in [6.45, 7) is 1.42. The van der Waals surface area contributed by atoms with Gasteiger partial charge >= 0.3 is 0 Å². The average molecular weight is 378 g/mol. The summed E-state index contributed by atoms with van der Waals surface area (Å²) in [4.78, 5) is 12.7. The van der Waals surface area contributed by atoms with Crippen molar-refractivity contribution in [3.8, 4) is 5.75 Å². The molecule has 0 atom stereocenters. The van der Waals surface area contributed by atoms with Gasteiger partial charge in [-0.05, 0) is 48.5 Å². The van der Waals surface area contributed by atoms with Crippen molar-refractivity contribution in [1.29, 1.82) is 0 Å². The first kappa shape index (κ1) is 19.0. The van der Waals surface area contributed by atoms with Crippen LogP contribution in [0.4, 0.5) is 5.69 Å². The lowest BCUT2D eigenvalue weighted by atomic mass is 10.3. The van der Waals surface area contributed by atoms with Crippen LogP contribution in [0, 0.1) is 0 Å². The first-order chi connectivity index (χ1) is 11.8. The number of ether oxygens (including phenoxy) is 1. The van der Waals surface area contributed by atoms with E-state index in [0.29, 0.717) is 5.69 Å². The molecule has 0 heterocycles. The molecule has 2 aromatic carbocycles. The van der Waals surface area contributed by atoms with Gasteiger partial charge in [0.15, 0.2) is 20.7 Å². The van der Waals surface area contributed by atoms with Crippen molar-refractivity contribution in [2.75, 3.05) is 18.8 Å². The van der Waals surface area contributed by atoms with E-state index in [9.17, 15) is 13.2 Å². The number of carbonyl (C=O) groups is 1. The third kappa shape index (κ3) is 5.61. The lowest BCUT2D eigenvalue weighted by Gasteiger charge is -2.06. The topological polar surface area (TPSA) is 84.8 Å². The number of thioether (sulfide) groups is 1. The van der Waals surface area contributed by atoms with Gasteiger partial charge in [-0.25, -0.2) is 8.42 Å². The molecule has 132 valence electrons. The molecule has 1 N–H and O–H groups in total. The third-order valence-electron chi connectivity index (χ3n) is 3.14. The quantitative estimate of drug-likeness (QED) is 0.360. The van der Waals surface area contributed by atoms with Gasteiger partial charge in [0, 0.05) is 18.1 Å². The predicted octanol–water partition coefficient (Wildman–Crippen LogP) is 3.21. The molecule has 0 radical (unpaired) electrons. The van der Waals surface area contributed by atoms with Gasteiger partial charge in [-0.1, -0.05) is 11.8 Å². The number of methoxy groups -OCH3 is 1. The maximum absolute atomic E-state index is 11.8. The number of hydrazone groups is 1. The molecular formula is C17H18N2O4S2. The second-order valence-corrected chi connectivity index (χ2v) is 8.24. The second kappa shape index (κ2) is 8.17. The van der Waals surface area contributed by atoms with Gasteiger partial charge in [-0.15, -0.1) is 0 Å². The number of sulfone groups is 1. The third-order valence-corrected chi connectivity index (χ3v) is 5.35. The fourth-order valence-electron chi connectivity index (χ4n) is 1.82. The van der Waals surface area contributed by atoms with Crippen LogP contribution in [0.2, 0.25) is 0 Å². The Labute approximate surface area is 151 Å². The van der Waals surface area contributed by atoms with E-state index in [1.54, 1.807) is 43.5 Å². The molecule has 0 aliphatic carbocycles. The fraction of sp³-hybridized carbons (Fsp3) is 0.176. The van der Waals surface area contributed by atoms with E-state index in [2.05, 4.69) is 10.5 Å². The van der Waals surface area contributed by atoms with Crippen LogP contribution in [0.1, 0.15) is 6.92 Å². The van der Waals surface area contributed by atoms with Gasteiger partial charge in [0.25, 0.3) is 0 Å². The van der Waals surface area contributed by atoms with E-state index in [-0.39, 0.29) is 15.7 Å². The molecule has 0 amide bonds. The van der Waals surface area contributed by atoms with Crippen molar-refractivity contribution in [1.82, 2.24) is 0 Å². The Bertz CT molecular complexity index is 874. The zero-order valence-corrected chi connectivity index (χ0v) is 15.6. The van der Waals surface area contributed by atoms with E-state index in [4.69, 9.17) is 4.74 Å². The standard InChI is InChI=1S/C17H18N2O4S2/c1-12(20)17(19-18-13-4-6-14(23-2)7-5-13)24-15-8-10-16(11-9-15)25(3,21)22/h4-11,18H,1-3H3. The highest BCUT2D eigenvalue weighted by Crippen LogP contribution is 2.23. The number of anilines is 1. The van der Waals surface area contributed by atoms with Crippen molar-refractivity contribution in [3.05, 3.63) is 48.5 Å². The minimum Gasteiger partial charge on any atom is -0.497 e. The number of carbonyl (C=O) groups excluding carboxylic acids is 1. The minimum atomic E-state index is -3.25. The van der Waals surface area contributed by atoms with E-state index in [0.717, 1.165) is 28.7 Å². The summed E-state index contributed by atoms with van der Waals surface area (Å²) in [5, 5.41) is 4.40. The monoisotopic (exact) mass is 378 g/mol. The zero-order chi connectivity index (χ0) is 18.4.